The first-order chi connectivity index (χ1) is 19.4. The van der Waals surface area contributed by atoms with Gasteiger partial charge in [-0.05, 0) is 59.2 Å². The van der Waals surface area contributed by atoms with Crippen LogP contribution in [0.25, 0.3) is 16.7 Å². The average Bonchev–Trinajstić information content (AvgIpc) is 3.70. The summed E-state index contributed by atoms with van der Waals surface area (Å²) in [5.74, 6) is -0.749. The molecule has 0 unspecified atom stereocenters. The molecule has 2 aliphatic carbocycles. The van der Waals surface area contributed by atoms with Crippen LogP contribution in [0, 0.1) is 0 Å². The second-order valence-corrected chi connectivity index (χ2v) is 10.8. The summed E-state index contributed by atoms with van der Waals surface area (Å²) in [7, 11) is 0. The van der Waals surface area contributed by atoms with E-state index in [1.54, 1.807) is 13.0 Å². The van der Waals surface area contributed by atoms with Crippen LogP contribution in [0.3, 0.4) is 0 Å². The molecule has 0 aliphatic heterocycles. The number of carbonyl (C=O) groups is 2. The summed E-state index contributed by atoms with van der Waals surface area (Å²) in [6.07, 6.45) is 0.943. The predicted octanol–water partition coefficient (Wildman–Crippen LogP) is 7.93. The van der Waals surface area contributed by atoms with Crippen molar-refractivity contribution in [2.24, 2.45) is 0 Å². The number of fused-ring (bicyclic) bond motifs is 1. The SMILES string of the molecule is C[C@@H](OC(=O)NC1=C(c2ccc(-c3ccc(C4(C(=O)O)CC4)cc3)cc2)c2ccccc2C1)c1ccccc1Cl. The highest BCUT2D eigenvalue weighted by Crippen LogP contribution is 2.48. The lowest BCUT2D eigenvalue weighted by Gasteiger charge is -2.17. The van der Waals surface area contributed by atoms with Crippen LogP contribution in [-0.4, -0.2) is 17.2 Å². The van der Waals surface area contributed by atoms with E-state index in [1.165, 1.54) is 0 Å². The molecule has 1 saturated carbocycles. The molecule has 0 spiro atoms. The third-order valence-corrected chi connectivity index (χ3v) is 8.28. The number of carboxylic acids is 1. The number of aliphatic carboxylic acids is 1. The first-order valence-corrected chi connectivity index (χ1v) is 13.7. The number of carbonyl (C=O) groups excluding carboxylic acids is 1. The van der Waals surface area contributed by atoms with Crippen molar-refractivity contribution < 1.29 is 19.4 Å². The molecule has 200 valence electrons. The number of hydrogen-bond acceptors (Lipinski definition) is 3. The van der Waals surface area contributed by atoms with Crippen LogP contribution in [0.5, 0.6) is 0 Å². The number of rotatable bonds is 7. The highest BCUT2D eigenvalue weighted by Gasteiger charge is 2.51. The van der Waals surface area contributed by atoms with E-state index in [-0.39, 0.29) is 0 Å². The van der Waals surface area contributed by atoms with E-state index in [0.29, 0.717) is 24.3 Å². The molecule has 40 heavy (non-hydrogen) atoms. The van der Waals surface area contributed by atoms with Gasteiger partial charge in [0.05, 0.1) is 5.41 Å². The second kappa shape index (κ2) is 10.3. The van der Waals surface area contributed by atoms with E-state index < -0.39 is 23.6 Å². The van der Waals surface area contributed by atoms with E-state index in [0.717, 1.165) is 50.2 Å². The monoisotopic (exact) mass is 549 g/mol. The fourth-order valence-electron chi connectivity index (χ4n) is 5.54. The van der Waals surface area contributed by atoms with Crippen LogP contribution in [0.2, 0.25) is 5.02 Å². The molecule has 1 fully saturated rings. The summed E-state index contributed by atoms with van der Waals surface area (Å²) in [5.41, 5.74) is 7.92. The average molecular weight is 550 g/mol. The van der Waals surface area contributed by atoms with Crippen LogP contribution >= 0.6 is 11.6 Å². The van der Waals surface area contributed by atoms with E-state index in [1.807, 2.05) is 54.6 Å². The van der Waals surface area contributed by atoms with Gasteiger partial charge in [-0.1, -0.05) is 103 Å². The van der Waals surface area contributed by atoms with E-state index in [2.05, 4.69) is 41.7 Å². The summed E-state index contributed by atoms with van der Waals surface area (Å²) in [6.45, 7) is 1.80. The molecule has 0 radical (unpaired) electrons. The van der Waals surface area contributed by atoms with Gasteiger partial charge in [-0.2, -0.15) is 0 Å². The quantitative estimate of drug-likeness (QED) is 0.245. The third-order valence-electron chi connectivity index (χ3n) is 7.94. The molecule has 2 aliphatic rings. The number of ether oxygens (including phenoxy) is 1. The zero-order valence-corrected chi connectivity index (χ0v) is 22.7. The van der Waals surface area contributed by atoms with Crippen molar-refractivity contribution in [3.05, 3.63) is 136 Å². The van der Waals surface area contributed by atoms with Gasteiger partial charge >= 0.3 is 12.1 Å². The topological polar surface area (TPSA) is 75.6 Å². The fourth-order valence-corrected chi connectivity index (χ4v) is 5.83. The zero-order chi connectivity index (χ0) is 27.9. The molecule has 0 aromatic heterocycles. The molecular formula is C34H28ClNO4. The Morgan fingerprint density at radius 1 is 0.850 bits per heavy atom. The van der Waals surface area contributed by atoms with Gasteiger partial charge in [0.2, 0.25) is 0 Å². The Kier molecular flexibility index (Phi) is 6.68. The largest absolute Gasteiger partial charge is 0.481 e. The van der Waals surface area contributed by atoms with Crippen LogP contribution < -0.4 is 5.32 Å². The maximum Gasteiger partial charge on any atom is 0.411 e. The maximum atomic E-state index is 13.0. The Balaban J connectivity index is 1.25. The van der Waals surface area contributed by atoms with Gasteiger partial charge in [-0.15, -0.1) is 0 Å². The number of nitrogens with one attached hydrogen (secondary N) is 1. The van der Waals surface area contributed by atoms with Gasteiger partial charge in [-0.25, -0.2) is 4.79 Å². The third kappa shape index (κ3) is 4.78. The smallest absolute Gasteiger partial charge is 0.411 e. The van der Waals surface area contributed by atoms with Crippen molar-refractivity contribution in [1.29, 1.82) is 0 Å². The Hall–Kier alpha value is -4.35. The number of allylic oxidation sites excluding steroid dienone is 1. The van der Waals surface area contributed by atoms with Crippen molar-refractivity contribution in [3.8, 4) is 11.1 Å². The number of alkyl carbamates (subject to hydrolysis) is 1. The summed E-state index contributed by atoms with van der Waals surface area (Å²) in [4.78, 5) is 24.6. The normalized spacial score (nSPS) is 15.8. The second-order valence-electron chi connectivity index (χ2n) is 10.4. The number of benzene rings is 4. The minimum atomic E-state index is -0.749. The summed E-state index contributed by atoms with van der Waals surface area (Å²) >= 11 is 6.29. The van der Waals surface area contributed by atoms with Crippen LogP contribution in [0.4, 0.5) is 4.79 Å². The number of hydrogen-bond donors (Lipinski definition) is 2. The predicted molar refractivity (Wildman–Crippen MR) is 156 cm³/mol. The van der Waals surface area contributed by atoms with E-state index >= 15 is 0 Å². The number of halogens is 1. The van der Waals surface area contributed by atoms with Gasteiger partial charge in [0.15, 0.2) is 0 Å². The standard InChI is InChI=1S/C34H28ClNO4/c1-21(27-7-4-5-9-29(27)35)40-33(39)36-30-20-25-6-2-3-8-28(25)31(30)24-12-10-22(11-13-24)23-14-16-26(17-15-23)34(18-19-34)32(37)38/h2-17,21H,18-20H2,1H3,(H,36,39)(H,37,38)/t21-/m1/s1. The molecular weight excluding hydrogens is 522 g/mol. The molecule has 2 N–H and O–H groups in total. The van der Waals surface area contributed by atoms with Gasteiger partial charge < -0.3 is 9.84 Å². The highest BCUT2D eigenvalue weighted by atomic mass is 35.5. The van der Waals surface area contributed by atoms with Crippen molar-refractivity contribution in [3.63, 3.8) is 0 Å². The molecule has 6 rings (SSSR count). The molecule has 4 aromatic rings. The molecule has 0 heterocycles. The minimum Gasteiger partial charge on any atom is -0.481 e. The summed E-state index contributed by atoms with van der Waals surface area (Å²) < 4.78 is 5.69. The molecule has 0 saturated heterocycles. The minimum absolute atomic E-state index is 0.502. The molecule has 6 heteroatoms. The number of carboxylic acid groups (broad SMARTS) is 1. The first kappa shape index (κ1) is 25.9. The van der Waals surface area contributed by atoms with E-state index in [4.69, 9.17) is 16.3 Å². The molecule has 5 nitrogen and oxygen atoms in total. The van der Waals surface area contributed by atoms with Crippen molar-refractivity contribution in [1.82, 2.24) is 5.32 Å². The fraction of sp³-hybridized carbons (Fsp3) is 0.176. The lowest BCUT2D eigenvalue weighted by Crippen LogP contribution is -2.25. The van der Waals surface area contributed by atoms with Crippen molar-refractivity contribution in [2.45, 2.75) is 37.7 Å². The Bertz CT molecular complexity index is 1640. The van der Waals surface area contributed by atoms with Crippen LogP contribution in [-0.2, 0) is 21.4 Å². The Morgan fingerprint density at radius 2 is 1.45 bits per heavy atom. The van der Waals surface area contributed by atoms with Gasteiger partial charge in [0.1, 0.15) is 6.10 Å². The van der Waals surface area contributed by atoms with Crippen LogP contribution in [0.1, 0.15) is 53.7 Å². The van der Waals surface area contributed by atoms with Crippen molar-refractivity contribution in [2.75, 3.05) is 0 Å². The van der Waals surface area contributed by atoms with E-state index in [9.17, 15) is 14.7 Å². The van der Waals surface area contributed by atoms with Crippen molar-refractivity contribution >= 4 is 29.2 Å². The summed E-state index contributed by atoms with van der Waals surface area (Å²) in [5, 5.41) is 13.1. The highest BCUT2D eigenvalue weighted by molar-refractivity contribution is 6.31. The van der Waals surface area contributed by atoms with Crippen LogP contribution in [0.15, 0.2) is 103 Å². The Morgan fingerprint density at radius 3 is 2.10 bits per heavy atom. The zero-order valence-electron chi connectivity index (χ0n) is 22.0. The molecule has 1 amide bonds. The Labute approximate surface area is 238 Å². The van der Waals surface area contributed by atoms with Gasteiger partial charge in [0.25, 0.3) is 0 Å². The maximum absolute atomic E-state index is 13.0. The molecule has 1 atom stereocenters. The lowest BCUT2D eigenvalue weighted by atomic mass is 9.93. The molecule has 4 aromatic carbocycles. The number of amides is 1. The van der Waals surface area contributed by atoms with Gasteiger partial charge in [-0.3, -0.25) is 10.1 Å². The molecule has 0 bridgehead atoms. The van der Waals surface area contributed by atoms with Gasteiger partial charge in [0, 0.05) is 28.3 Å². The first-order valence-electron chi connectivity index (χ1n) is 13.3. The summed E-state index contributed by atoms with van der Waals surface area (Å²) in [6, 6.07) is 31.5. The lowest BCUT2D eigenvalue weighted by molar-refractivity contribution is -0.140.